The third-order valence-corrected chi connectivity index (χ3v) is 7.67. The molecule has 0 bridgehead atoms. The first kappa shape index (κ1) is 21.5. The third kappa shape index (κ3) is 4.08. The van der Waals surface area contributed by atoms with Crippen molar-refractivity contribution in [1.29, 1.82) is 0 Å². The van der Waals surface area contributed by atoms with Gasteiger partial charge in [0.05, 0.1) is 19.3 Å². The number of carbonyl (C=O) groups is 1. The van der Waals surface area contributed by atoms with Gasteiger partial charge >= 0.3 is 0 Å². The van der Waals surface area contributed by atoms with E-state index in [2.05, 4.69) is 19.9 Å². The molecule has 0 aromatic carbocycles. The molecule has 3 aliphatic heterocycles. The molecule has 2 saturated heterocycles. The summed E-state index contributed by atoms with van der Waals surface area (Å²) in [6.07, 6.45) is 5.16. The number of likely N-dealkylation sites (tertiary alicyclic amines) is 1. The van der Waals surface area contributed by atoms with E-state index in [0.717, 1.165) is 25.9 Å². The van der Waals surface area contributed by atoms with Crippen molar-refractivity contribution < 1.29 is 14.3 Å². The Labute approximate surface area is 185 Å². The second-order valence-corrected chi connectivity index (χ2v) is 9.38. The number of hydrogen-bond donors (Lipinski definition) is 1. The maximum absolute atomic E-state index is 12.7. The second-order valence-electron chi connectivity index (χ2n) is 7.82. The fourth-order valence-corrected chi connectivity index (χ4v) is 5.30. The van der Waals surface area contributed by atoms with Crippen LogP contribution in [-0.2, 0) is 9.53 Å². The van der Waals surface area contributed by atoms with Crippen molar-refractivity contribution in [2.45, 2.75) is 49.0 Å². The van der Waals surface area contributed by atoms with Crippen LogP contribution in [0.3, 0.4) is 0 Å². The molecule has 10 heteroatoms. The van der Waals surface area contributed by atoms with Crippen LogP contribution < -0.4 is 10.5 Å². The maximum Gasteiger partial charge on any atom is 0.267 e. The number of aromatic nitrogens is 1. The number of nitrogens with zero attached hydrogens (tertiary/aromatic N) is 4. The molecule has 1 spiro atoms. The van der Waals surface area contributed by atoms with E-state index in [4.69, 9.17) is 26.8 Å². The van der Waals surface area contributed by atoms with Gasteiger partial charge in [-0.05, 0) is 32.8 Å². The average Bonchev–Trinajstić information content (AvgIpc) is 3.01. The minimum absolute atomic E-state index is 0.0214. The molecule has 162 valence electrons. The summed E-state index contributed by atoms with van der Waals surface area (Å²) in [5.41, 5.74) is 6.40. The van der Waals surface area contributed by atoms with Crippen molar-refractivity contribution in [2.75, 3.05) is 26.3 Å². The molecule has 8 nitrogen and oxygen atoms in total. The SMILES string of the molecule is CCOc1nccc(SC2C=NC(N3CCC4(CC3)CO[C@@H](C)[C@H]4N)=NC2=O)c1Cl. The highest BCUT2D eigenvalue weighted by atomic mass is 35.5. The minimum atomic E-state index is -0.531. The Morgan fingerprint density at radius 2 is 2.20 bits per heavy atom. The molecule has 30 heavy (non-hydrogen) atoms. The Kier molecular flexibility index (Phi) is 6.34. The van der Waals surface area contributed by atoms with E-state index in [1.807, 2.05) is 13.8 Å². The Morgan fingerprint density at radius 3 is 2.83 bits per heavy atom. The number of pyridine rings is 1. The van der Waals surface area contributed by atoms with Crippen LogP contribution in [0.25, 0.3) is 0 Å². The standard InChI is InChI=1S/C20H26ClN5O3S/c1-3-28-18-15(21)13(4-7-23-18)30-14-10-24-19(25-17(14)27)26-8-5-20(6-9-26)11-29-12(2)16(20)22/h4,7,10,12,14,16H,3,5-6,8-9,11,22H2,1-2H3/t12-,14?,16+/m0/s1. The molecule has 1 amide bonds. The van der Waals surface area contributed by atoms with Crippen molar-refractivity contribution in [2.24, 2.45) is 21.1 Å². The molecule has 0 saturated carbocycles. The van der Waals surface area contributed by atoms with Gasteiger partial charge in [-0.3, -0.25) is 4.79 Å². The van der Waals surface area contributed by atoms with E-state index in [0.29, 0.717) is 35.0 Å². The molecule has 1 unspecified atom stereocenters. The molecule has 2 fully saturated rings. The molecular weight excluding hydrogens is 426 g/mol. The van der Waals surface area contributed by atoms with Gasteiger partial charge in [0, 0.05) is 41.9 Å². The van der Waals surface area contributed by atoms with Crippen LogP contribution >= 0.6 is 23.4 Å². The van der Waals surface area contributed by atoms with Crippen LogP contribution in [0.2, 0.25) is 5.02 Å². The van der Waals surface area contributed by atoms with E-state index in [1.54, 1.807) is 18.5 Å². The number of guanidine groups is 1. The quantitative estimate of drug-likeness (QED) is 0.749. The molecule has 0 aliphatic carbocycles. The van der Waals surface area contributed by atoms with E-state index in [1.165, 1.54) is 11.8 Å². The summed E-state index contributed by atoms with van der Waals surface area (Å²) in [5, 5.41) is -0.136. The highest BCUT2D eigenvalue weighted by Gasteiger charge is 2.48. The second kappa shape index (κ2) is 8.82. The lowest BCUT2D eigenvalue weighted by atomic mass is 9.73. The highest BCUT2D eigenvalue weighted by Crippen LogP contribution is 2.41. The van der Waals surface area contributed by atoms with Crippen LogP contribution in [0.5, 0.6) is 5.88 Å². The van der Waals surface area contributed by atoms with Crippen LogP contribution in [0.15, 0.2) is 27.1 Å². The third-order valence-electron chi connectivity index (χ3n) is 6.02. The van der Waals surface area contributed by atoms with Gasteiger partial charge in [0.2, 0.25) is 11.8 Å². The lowest BCUT2D eigenvalue weighted by molar-refractivity contribution is -0.116. The van der Waals surface area contributed by atoms with Gasteiger partial charge in [-0.15, -0.1) is 11.8 Å². The number of aliphatic imine (C=N–C) groups is 2. The summed E-state index contributed by atoms with van der Waals surface area (Å²) < 4.78 is 11.2. The lowest BCUT2D eigenvalue weighted by Gasteiger charge is -2.41. The van der Waals surface area contributed by atoms with Crippen LogP contribution in [0.4, 0.5) is 0 Å². The number of nitrogens with two attached hydrogens (primary N) is 1. The fraction of sp³-hybridized carbons (Fsp3) is 0.600. The van der Waals surface area contributed by atoms with Crippen molar-refractivity contribution in [3.63, 3.8) is 0 Å². The van der Waals surface area contributed by atoms with E-state index in [9.17, 15) is 4.79 Å². The smallest absolute Gasteiger partial charge is 0.267 e. The minimum Gasteiger partial charge on any atom is -0.477 e. The molecule has 2 N–H and O–H groups in total. The number of rotatable bonds is 4. The predicted molar refractivity (Wildman–Crippen MR) is 118 cm³/mol. The molecule has 0 radical (unpaired) electrons. The molecule has 1 aromatic heterocycles. The normalized spacial score (nSPS) is 28.1. The van der Waals surface area contributed by atoms with Gasteiger partial charge in [0.1, 0.15) is 10.3 Å². The van der Waals surface area contributed by atoms with Gasteiger partial charge in [0.25, 0.3) is 5.91 Å². The number of ether oxygens (including phenoxy) is 2. The molecule has 3 aliphatic rings. The van der Waals surface area contributed by atoms with Gasteiger partial charge in [0.15, 0.2) is 0 Å². The zero-order valence-electron chi connectivity index (χ0n) is 17.1. The first-order valence-electron chi connectivity index (χ1n) is 10.2. The summed E-state index contributed by atoms with van der Waals surface area (Å²) >= 11 is 7.65. The number of halogens is 1. The molecule has 3 atom stereocenters. The predicted octanol–water partition coefficient (Wildman–Crippen LogP) is 2.39. The largest absolute Gasteiger partial charge is 0.477 e. The first-order chi connectivity index (χ1) is 14.4. The Bertz CT molecular complexity index is 872. The Morgan fingerprint density at radius 1 is 1.43 bits per heavy atom. The van der Waals surface area contributed by atoms with E-state index >= 15 is 0 Å². The lowest BCUT2D eigenvalue weighted by Crippen LogP contribution is -2.52. The van der Waals surface area contributed by atoms with Crippen molar-refractivity contribution in [3.05, 3.63) is 17.3 Å². The number of amides is 1. The summed E-state index contributed by atoms with van der Waals surface area (Å²) in [6.45, 7) is 6.59. The van der Waals surface area contributed by atoms with E-state index < -0.39 is 5.25 Å². The monoisotopic (exact) mass is 451 g/mol. The summed E-state index contributed by atoms with van der Waals surface area (Å²) in [6, 6.07) is 1.80. The Hall–Kier alpha value is -1.68. The van der Waals surface area contributed by atoms with Crippen LogP contribution in [0.1, 0.15) is 26.7 Å². The zero-order chi connectivity index (χ0) is 21.3. The zero-order valence-corrected chi connectivity index (χ0v) is 18.7. The van der Waals surface area contributed by atoms with Crippen LogP contribution in [0, 0.1) is 5.41 Å². The molecular formula is C20H26ClN5O3S. The first-order valence-corrected chi connectivity index (χ1v) is 11.4. The van der Waals surface area contributed by atoms with E-state index in [-0.39, 0.29) is 23.5 Å². The fourth-order valence-electron chi connectivity index (χ4n) is 4.12. The van der Waals surface area contributed by atoms with Gasteiger partial charge in [-0.2, -0.15) is 4.99 Å². The molecule has 4 heterocycles. The van der Waals surface area contributed by atoms with Gasteiger partial charge in [-0.1, -0.05) is 11.6 Å². The van der Waals surface area contributed by atoms with Crippen molar-refractivity contribution >= 4 is 41.4 Å². The highest BCUT2D eigenvalue weighted by molar-refractivity contribution is 8.01. The number of hydrogen-bond acceptors (Lipinski definition) is 8. The number of piperidine rings is 1. The maximum atomic E-state index is 12.7. The van der Waals surface area contributed by atoms with Crippen molar-refractivity contribution in [3.8, 4) is 5.88 Å². The molecule has 1 aromatic rings. The Balaban J connectivity index is 1.39. The summed E-state index contributed by atoms with van der Waals surface area (Å²) in [7, 11) is 0. The number of thioether (sulfide) groups is 1. The van der Waals surface area contributed by atoms with Gasteiger partial charge < -0.3 is 20.1 Å². The topological polar surface area (TPSA) is 102 Å². The summed E-state index contributed by atoms with van der Waals surface area (Å²) in [4.78, 5) is 28.3. The number of carbonyl (C=O) groups excluding carboxylic acids is 1. The van der Waals surface area contributed by atoms with Crippen molar-refractivity contribution in [1.82, 2.24) is 9.88 Å². The van der Waals surface area contributed by atoms with Crippen LogP contribution in [-0.4, -0.2) is 71.7 Å². The summed E-state index contributed by atoms with van der Waals surface area (Å²) in [5.74, 6) is 0.591. The average molecular weight is 452 g/mol. The van der Waals surface area contributed by atoms with Gasteiger partial charge in [-0.25, -0.2) is 9.98 Å². The molecule has 4 rings (SSSR count).